The highest BCUT2D eigenvalue weighted by Gasteiger charge is 2.80. The van der Waals surface area contributed by atoms with Crippen molar-refractivity contribution < 1.29 is 43.2 Å². The number of para-hydroxylation sites is 1. The number of ether oxygens (including phenoxy) is 4. The quantitative estimate of drug-likeness (QED) is 0.0700. The SMILES string of the molecule is CCCCCCCC(=O)N[C@@]1(CC)C[C@H]2CN(CCc3c([nH]c4ccccc34)[C@@](C(=O)OC)(c3cc4c(cc3OC)N(C)[C@H]3[C@@](O)(C(=O)OC)[C@H](OC(C)=O)[C@]5(CC)C=CCN6CC[C@]43[C@@H]65)C2)C1. The van der Waals surface area contributed by atoms with E-state index in [1.165, 1.54) is 27.6 Å². The molecule has 5 aliphatic heterocycles. The maximum atomic E-state index is 15.7. The highest BCUT2D eigenvalue weighted by atomic mass is 16.6. The van der Waals surface area contributed by atoms with Crippen molar-refractivity contribution in [2.75, 3.05) is 66.0 Å². The van der Waals surface area contributed by atoms with Crippen molar-refractivity contribution >= 4 is 40.4 Å². The van der Waals surface area contributed by atoms with Crippen molar-refractivity contribution in [1.29, 1.82) is 0 Å². The van der Waals surface area contributed by atoms with Crippen molar-refractivity contribution in [3.8, 4) is 5.75 Å². The number of benzene rings is 2. The van der Waals surface area contributed by atoms with Crippen molar-refractivity contribution in [1.82, 2.24) is 20.1 Å². The molecule has 1 spiro atoms. The monoisotopic (exact) mass is 936 g/mol. The number of anilines is 1. The molecule has 9 rings (SSSR count). The molecule has 14 heteroatoms. The van der Waals surface area contributed by atoms with Crippen LogP contribution in [0, 0.1) is 11.3 Å². The molecule has 1 aromatic heterocycles. The summed E-state index contributed by atoms with van der Waals surface area (Å²) in [6.45, 7) is 11.2. The largest absolute Gasteiger partial charge is 0.496 e. The maximum absolute atomic E-state index is 15.7. The average molecular weight is 936 g/mol. The predicted octanol–water partition coefficient (Wildman–Crippen LogP) is 6.48. The summed E-state index contributed by atoms with van der Waals surface area (Å²) in [5, 5.41) is 18.1. The van der Waals surface area contributed by atoms with Crippen LogP contribution in [-0.2, 0) is 50.6 Å². The molecule has 2 aromatic carbocycles. The Hall–Kier alpha value is -4.92. The van der Waals surface area contributed by atoms with Crippen LogP contribution >= 0.6 is 0 Å². The number of rotatable bonds is 14. The van der Waals surface area contributed by atoms with Gasteiger partial charge in [0.1, 0.15) is 11.2 Å². The highest BCUT2D eigenvalue weighted by molar-refractivity contribution is 5.95. The van der Waals surface area contributed by atoms with E-state index in [1.807, 2.05) is 37.1 Å². The van der Waals surface area contributed by atoms with Gasteiger partial charge in [0.2, 0.25) is 11.5 Å². The number of esters is 3. The van der Waals surface area contributed by atoms with E-state index < -0.39 is 57.4 Å². The minimum atomic E-state index is -2.32. The molecule has 1 unspecified atom stereocenters. The minimum Gasteiger partial charge on any atom is -0.496 e. The fraction of sp³-hybridized carbons (Fsp3) is 0.630. The normalized spacial score (nSPS) is 33.5. The number of carbonyl (C=O) groups is 4. The third kappa shape index (κ3) is 7.03. The molecule has 1 aliphatic carbocycles. The van der Waals surface area contributed by atoms with Gasteiger partial charge in [-0.2, -0.15) is 0 Å². The van der Waals surface area contributed by atoms with E-state index in [4.69, 9.17) is 18.9 Å². The number of unbranched alkanes of at least 4 members (excludes halogenated alkanes) is 4. The molecule has 10 atom stereocenters. The topological polar surface area (TPSA) is 163 Å². The molecule has 3 N–H and O–H groups in total. The molecule has 6 heterocycles. The number of hydrogen-bond donors (Lipinski definition) is 3. The van der Waals surface area contributed by atoms with Crippen LogP contribution in [0.2, 0.25) is 0 Å². The number of aliphatic hydroxyl groups is 1. The van der Waals surface area contributed by atoms with Gasteiger partial charge in [0.05, 0.1) is 32.9 Å². The summed E-state index contributed by atoms with van der Waals surface area (Å²) in [6.07, 6.45) is 12.1. The zero-order chi connectivity index (χ0) is 48.4. The van der Waals surface area contributed by atoms with Gasteiger partial charge in [-0.25, -0.2) is 4.79 Å². The molecule has 14 nitrogen and oxygen atoms in total. The number of piperidine rings is 1. The van der Waals surface area contributed by atoms with Crippen molar-refractivity contribution in [3.63, 3.8) is 0 Å². The van der Waals surface area contributed by atoms with Gasteiger partial charge >= 0.3 is 17.9 Å². The third-order valence-corrected chi connectivity index (χ3v) is 17.5. The Morgan fingerprint density at radius 3 is 2.38 bits per heavy atom. The number of fused-ring (bicyclic) bond motifs is 6. The first-order valence-electron chi connectivity index (χ1n) is 25.3. The van der Waals surface area contributed by atoms with Gasteiger partial charge < -0.3 is 44.2 Å². The lowest BCUT2D eigenvalue weighted by Crippen LogP contribution is -2.81. The van der Waals surface area contributed by atoms with Gasteiger partial charge in [0.15, 0.2) is 6.10 Å². The van der Waals surface area contributed by atoms with Gasteiger partial charge in [-0.15, -0.1) is 0 Å². The summed E-state index contributed by atoms with van der Waals surface area (Å²) in [7, 11) is 6.21. The van der Waals surface area contributed by atoms with Crippen LogP contribution in [0.3, 0.4) is 0 Å². The maximum Gasteiger partial charge on any atom is 0.344 e. The summed E-state index contributed by atoms with van der Waals surface area (Å²) in [5.41, 5.74) is -1.23. The van der Waals surface area contributed by atoms with E-state index in [1.54, 1.807) is 7.11 Å². The number of likely N-dealkylation sites (N-methyl/N-ethyl adjacent to an activating group) is 1. The van der Waals surface area contributed by atoms with E-state index in [9.17, 15) is 19.5 Å². The van der Waals surface area contributed by atoms with E-state index in [0.29, 0.717) is 69.5 Å². The summed E-state index contributed by atoms with van der Waals surface area (Å²) in [4.78, 5) is 67.9. The predicted molar refractivity (Wildman–Crippen MR) is 260 cm³/mol. The Labute approximate surface area is 401 Å². The number of nitrogens with one attached hydrogen (secondary N) is 2. The first-order chi connectivity index (χ1) is 32.7. The molecule has 2 saturated heterocycles. The second kappa shape index (κ2) is 18.1. The third-order valence-electron chi connectivity index (χ3n) is 17.5. The van der Waals surface area contributed by atoms with Gasteiger partial charge in [0.25, 0.3) is 0 Å². The van der Waals surface area contributed by atoms with Crippen molar-refractivity contribution in [3.05, 3.63) is 70.9 Å². The Bertz CT molecular complexity index is 2490. The first kappa shape index (κ1) is 48.1. The summed E-state index contributed by atoms with van der Waals surface area (Å²) in [6, 6.07) is 11.1. The van der Waals surface area contributed by atoms with Crippen LogP contribution in [-0.4, -0.2) is 134 Å². The van der Waals surface area contributed by atoms with Crippen LogP contribution in [0.15, 0.2) is 48.6 Å². The molecule has 68 heavy (non-hydrogen) atoms. The second-order valence-corrected chi connectivity index (χ2v) is 21.0. The average Bonchev–Trinajstić information content (AvgIpc) is 4.00. The first-order valence-corrected chi connectivity index (χ1v) is 25.3. The molecule has 368 valence electrons. The van der Waals surface area contributed by atoms with Crippen molar-refractivity contribution in [2.24, 2.45) is 11.3 Å². The molecular weight excluding hydrogens is 863 g/mol. The van der Waals surface area contributed by atoms with Gasteiger partial charge in [-0.3, -0.25) is 19.3 Å². The molecule has 1 amide bonds. The smallest absolute Gasteiger partial charge is 0.344 e. The summed E-state index contributed by atoms with van der Waals surface area (Å²) >= 11 is 0. The van der Waals surface area contributed by atoms with Gasteiger partial charge in [0, 0.05) is 97.4 Å². The van der Waals surface area contributed by atoms with Gasteiger partial charge in [-0.05, 0) is 80.7 Å². The lowest BCUT2D eigenvalue weighted by molar-refractivity contribution is -0.228. The number of carbonyl (C=O) groups excluding carboxylic acids is 4. The highest BCUT2D eigenvalue weighted by Crippen LogP contribution is 2.68. The molecule has 6 aliphatic rings. The van der Waals surface area contributed by atoms with E-state index in [0.717, 1.165) is 78.6 Å². The summed E-state index contributed by atoms with van der Waals surface area (Å²) in [5.74, 6) is -1.44. The van der Waals surface area contributed by atoms with Crippen LogP contribution in [0.5, 0.6) is 5.75 Å². The Balaban J connectivity index is 1.27. The molecule has 2 bridgehead atoms. The zero-order valence-corrected chi connectivity index (χ0v) is 41.5. The van der Waals surface area contributed by atoms with Crippen LogP contribution in [0.4, 0.5) is 5.69 Å². The Morgan fingerprint density at radius 2 is 1.68 bits per heavy atom. The van der Waals surface area contributed by atoms with Gasteiger partial charge in [-0.1, -0.05) is 76.8 Å². The number of amides is 1. The number of aromatic amines is 1. The van der Waals surface area contributed by atoms with E-state index in [2.05, 4.69) is 64.3 Å². The molecule has 0 radical (unpaired) electrons. The Morgan fingerprint density at radius 1 is 0.912 bits per heavy atom. The minimum absolute atomic E-state index is 0.0710. The molecular formula is C54H73N5O9. The van der Waals surface area contributed by atoms with Crippen LogP contribution < -0.4 is 15.0 Å². The molecule has 1 saturated carbocycles. The summed E-state index contributed by atoms with van der Waals surface area (Å²) < 4.78 is 24.3. The Kier molecular flexibility index (Phi) is 12.8. The lowest BCUT2D eigenvalue weighted by atomic mass is 9.47. The lowest BCUT2D eigenvalue weighted by Gasteiger charge is -2.63. The molecule has 3 aromatic rings. The van der Waals surface area contributed by atoms with Crippen LogP contribution in [0.25, 0.3) is 10.9 Å². The standard InChI is InChI=1S/C54H73N5O9/c1-9-12-13-14-15-21-43(61)56-50(10-2)30-35-31-53(48(62)66-7,44-37(22-26-58(32-35)33-50)36-19-16-17-20-40(36)55-44)39-28-38-41(29-42(39)65-6)57(5)46-52(38)24-27-59-25-18-23-51(11-3,45(52)59)47(68-34(4)60)54(46,64)49(63)67-8/h16-20,23,28-29,35,45-47,55,64H,9-15,21-22,24-27,30-33H2,1-8H3,(H,56,61)/t35-,45+,46-,47-,50+,51-,52-,53+,54+/m1/s1. The number of hydrogen-bond acceptors (Lipinski definition) is 12. The number of H-pyrrole nitrogens is 1. The van der Waals surface area contributed by atoms with Crippen molar-refractivity contribution in [2.45, 2.75) is 145 Å². The van der Waals surface area contributed by atoms with E-state index >= 15 is 4.79 Å². The number of methoxy groups -OCH3 is 3. The van der Waals surface area contributed by atoms with E-state index in [-0.39, 0.29) is 17.9 Å². The zero-order valence-electron chi connectivity index (χ0n) is 41.5. The number of aromatic nitrogens is 1. The fourth-order valence-electron chi connectivity index (χ4n) is 15.0. The second-order valence-electron chi connectivity index (χ2n) is 21.0. The fourth-order valence-corrected chi connectivity index (χ4v) is 15.0. The molecule has 3 fully saturated rings. The van der Waals surface area contributed by atoms with Crippen LogP contribution in [0.1, 0.15) is 121 Å². The number of nitrogens with zero attached hydrogens (tertiary/aromatic N) is 3.